The van der Waals surface area contributed by atoms with E-state index in [1.807, 2.05) is 48.4 Å². The molecule has 1 aromatic carbocycles. The molecule has 1 aliphatic rings. The molecule has 1 aromatic heterocycles. The number of nitrogens with zero attached hydrogens (tertiary/aromatic N) is 4. The van der Waals surface area contributed by atoms with Crippen LogP contribution in [-0.2, 0) is 11.3 Å². The number of amides is 3. The molecule has 0 unspecified atom stereocenters. The smallest absolute Gasteiger partial charge is 0.321 e. The van der Waals surface area contributed by atoms with Crippen LogP contribution < -0.4 is 10.2 Å². The number of hydrogen-bond acceptors (Lipinski definition) is 3. The molecular formula is C19H25N5O2. The largest absolute Gasteiger partial charge is 0.323 e. The van der Waals surface area contributed by atoms with Gasteiger partial charge in [0.2, 0.25) is 5.91 Å². The second-order valence-electron chi connectivity index (χ2n) is 6.48. The van der Waals surface area contributed by atoms with Crippen molar-refractivity contribution in [2.45, 2.75) is 39.3 Å². The van der Waals surface area contributed by atoms with E-state index in [2.05, 4.69) is 17.3 Å². The minimum absolute atomic E-state index is 0.141. The Morgan fingerprint density at radius 2 is 2.12 bits per heavy atom. The summed E-state index contributed by atoms with van der Waals surface area (Å²) in [4.78, 5) is 28.0. The van der Waals surface area contributed by atoms with Crippen LogP contribution in [-0.4, -0.2) is 45.8 Å². The Balaban J connectivity index is 1.58. The Kier molecular flexibility index (Phi) is 5.55. The maximum atomic E-state index is 12.5. The second-order valence-corrected chi connectivity index (χ2v) is 6.48. The minimum Gasteiger partial charge on any atom is -0.323 e. The van der Waals surface area contributed by atoms with Crippen LogP contribution in [0.5, 0.6) is 0 Å². The summed E-state index contributed by atoms with van der Waals surface area (Å²) in [6.07, 6.45) is 5.09. The van der Waals surface area contributed by atoms with Crippen LogP contribution in [0.3, 0.4) is 0 Å². The van der Waals surface area contributed by atoms with Gasteiger partial charge >= 0.3 is 6.03 Å². The van der Waals surface area contributed by atoms with Gasteiger partial charge in [-0.25, -0.2) is 4.79 Å². The fourth-order valence-electron chi connectivity index (χ4n) is 3.19. The summed E-state index contributed by atoms with van der Waals surface area (Å²) in [7, 11) is 0. The Bertz CT molecular complexity index is 742. The molecule has 1 atom stereocenters. The quantitative estimate of drug-likeness (QED) is 0.866. The van der Waals surface area contributed by atoms with E-state index in [0.29, 0.717) is 26.1 Å². The Morgan fingerprint density at radius 3 is 2.69 bits per heavy atom. The van der Waals surface area contributed by atoms with E-state index in [4.69, 9.17) is 0 Å². The SMILES string of the molecule is CCN(CCn1cccn1)C(=O)Nc1ccc(N2C(=O)CC[C@@H]2C)cc1. The van der Waals surface area contributed by atoms with Gasteiger partial charge in [0.1, 0.15) is 0 Å². The van der Waals surface area contributed by atoms with E-state index in [-0.39, 0.29) is 18.0 Å². The zero-order valence-corrected chi connectivity index (χ0v) is 15.3. The maximum Gasteiger partial charge on any atom is 0.321 e. The molecule has 7 nitrogen and oxygen atoms in total. The molecule has 1 saturated heterocycles. The summed E-state index contributed by atoms with van der Waals surface area (Å²) in [5.41, 5.74) is 1.60. The van der Waals surface area contributed by atoms with E-state index in [1.54, 1.807) is 15.8 Å². The predicted octanol–water partition coefficient (Wildman–Crippen LogP) is 2.95. The molecule has 2 aromatic rings. The summed E-state index contributed by atoms with van der Waals surface area (Å²) >= 11 is 0. The molecule has 138 valence electrons. The van der Waals surface area contributed by atoms with Gasteiger partial charge in [0.15, 0.2) is 0 Å². The molecule has 0 aliphatic carbocycles. The van der Waals surface area contributed by atoms with Gasteiger partial charge < -0.3 is 15.1 Å². The molecule has 7 heteroatoms. The van der Waals surface area contributed by atoms with Crippen molar-refractivity contribution in [2.75, 3.05) is 23.3 Å². The predicted molar refractivity (Wildman–Crippen MR) is 101 cm³/mol. The van der Waals surface area contributed by atoms with Crippen LogP contribution in [0.1, 0.15) is 26.7 Å². The Hall–Kier alpha value is -2.83. The molecule has 0 saturated carbocycles. The number of aromatic nitrogens is 2. The van der Waals surface area contributed by atoms with Gasteiger partial charge in [0, 0.05) is 49.3 Å². The molecular weight excluding hydrogens is 330 g/mol. The van der Waals surface area contributed by atoms with Crippen molar-refractivity contribution in [2.24, 2.45) is 0 Å². The number of anilines is 2. The van der Waals surface area contributed by atoms with Crippen LogP contribution in [0, 0.1) is 0 Å². The summed E-state index contributed by atoms with van der Waals surface area (Å²) < 4.78 is 1.80. The van der Waals surface area contributed by atoms with Gasteiger partial charge in [-0.05, 0) is 50.6 Å². The molecule has 26 heavy (non-hydrogen) atoms. The van der Waals surface area contributed by atoms with E-state index in [1.165, 1.54) is 0 Å². The molecule has 1 N–H and O–H groups in total. The fourth-order valence-corrected chi connectivity index (χ4v) is 3.19. The van der Waals surface area contributed by atoms with Crippen molar-refractivity contribution in [3.63, 3.8) is 0 Å². The maximum absolute atomic E-state index is 12.5. The van der Waals surface area contributed by atoms with Gasteiger partial charge in [0.25, 0.3) is 0 Å². The number of benzene rings is 1. The monoisotopic (exact) mass is 355 g/mol. The van der Waals surface area contributed by atoms with Crippen molar-refractivity contribution >= 4 is 23.3 Å². The van der Waals surface area contributed by atoms with Crippen LogP contribution in [0.4, 0.5) is 16.2 Å². The van der Waals surface area contributed by atoms with Crippen molar-refractivity contribution in [1.29, 1.82) is 0 Å². The Morgan fingerprint density at radius 1 is 1.35 bits per heavy atom. The van der Waals surface area contributed by atoms with Gasteiger partial charge in [0.05, 0.1) is 6.54 Å². The number of likely N-dealkylation sites (N-methyl/N-ethyl adjacent to an activating group) is 1. The molecule has 0 radical (unpaired) electrons. The number of hydrogen-bond donors (Lipinski definition) is 1. The van der Waals surface area contributed by atoms with Gasteiger partial charge in [-0.15, -0.1) is 0 Å². The second kappa shape index (κ2) is 8.03. The van der Waals surface area contributed by atoms with Crippen molar-refractivity contribution < 1.29 is 9.59 Å². The van der Waals surface area contributed by atoms with Crippen LogP contribution >= 0.6 is 0 Å². The Labute approximate surface area is 153 Å². The lowest BCUT2D eigenvalue weighted by atomic mass is 10.2. The van der Waals surface area contributed by atoms with E-state index < -0.39 is 0 Å². The van der Waals surface area contributed by atoms with Crippen LogP contribution in [0.15, 0.2) is 42.7 Å². The summed E-state index contributed by atoms with van der Waals surface area (Å²) in [6, 6.07) is 9.40. The number of carbonyl (C=O) groups excluding carboxylic acids is 2. The first-order chi connectivity index (χ1) is 12.6. The van der Waals surface area contributed by atoms with Crippen LogP contribution in [0.2, 0.25) is 0 Å². The fraction of sp³-hybridized carbons (Fsp3) is 0.421. The topological polar surface area (TPSA) is 70.5 Å². The molecule has 3 amide bonds. The normalized spacial score (nSPS) is 16.8. The molecule has 1 fully saturated rings. The molecule has 2 heterocycles. The average molecular weight is 355 g/mol. The van der Waals surface area contributed by atoms with E-state index >= 15 is 0 Å². The van der Waals surface area contributed by atoms with Crippen molar-refractivity contribution in [3.05, 3.63) is 42.7 Å². The lowest BCUT2D eigenvalue weighted by molar-refractivity contribution is -0.117. The third kappa shape index (κ3) is 4.04. The van der Waals surface area contributed by atoms with Gasteiger partial charge in [-0.1, -0.05) is 0 Å². The van der Waals surface area contributed by atoms with Crippen molar-refractivity contribution in [3.8, 4) is 0 Å². The summed E-state index contributed by atoms with van der Waals surface area (Å²) in [5.74, 6) is 0.157. The molecule has 0 spiro atoms. The highest BCUT2D eigenvalue weighted by atomic mass is 16.2. The average Bonchev–Trinajstić information content (AvgIpc) is 3.26. The van der Waals surface area contributed by atoms with Crippen molar-refractivity contribution in [1.82, 2.24) is 14.7 Å². The van der Waals surface area contributed by atoms with E-state index in [9.17, 15) is 9.59 Å². The number of rotatable bonds is 6. The highest BCUT2D eigenvalue weighted by molar-refractivity contribution is 5.96. The van der Waals surface area contributed by atoms with E-state index in [0.717, 1.165) is 17.8 Å². The third-order valence-electron chi connectivity index (χ3n) is 4.71. The van der Waals surface area contributed by atoms with Gasteiger partial charge in [-0.3, -0.25) is 9.48 Å². The standard InChI is InChI=1S/C19H25N5O2/c1-3-22(13-14-23-12-4-11-20-23)19(26)21-16-6-8-17(9-7-16)24-15(2)5-10-18(24)25/h4,6-9,11-12,15H,3,5,10,13-14H2,1-2H3,(H,21,26)/t15-/m0/s1. The third-order valence-corrected chi connectivity index (χ3v) is 4.71. The zero-order chi connectivity index (χ0) is 18.5. The van der Waals surface area contributed by atoms with Crippen LogP contribution in [0.25, 0.3) is 0 Å². The number of urea groups is 1. The molecule has 0 bridgehead atoms. The zero-order valence-electron chi connectivity index (χ0n) is 15.3. The first kappa shape index (κ1) is 18.0. The summed E-state index contributed by atoms with van der Waals surface area (Å²) in [5, 5.41) is 7.07. The lowest BCUT2D eigenvalue weighted by Crippen LogP contribution is -2.37. The lowest BCUT2D eigenvalue weighted by Gasteiger charge is -2.23. The molecule has 3 rings (SSSR count). The number of carbonyl (C=O) groups is 2. The first-order valence-electron chi connectivity index (χ1n) is 9.04. The first-order valence-corrected chi connectivity index (χ1v) is 9.04. The highest BCUT2D eigenvalue weighted by Crippen LogP contribution is 2.27. The summed E-state index contributed by atoms with van der Waals surface area (Å²) in [6.45, 7) is 5.86. The molecule has 1 aliphatic heterocycles. The highest BCUT2D eigenvalue weighted by Gasteiger charge is 2.28. The minimum atomic E-state index is -0.141. The van der Waals surface area contributed by atoms with Gasteiger partial charge in [-0.2, -0.15) is 5.10 Å². The number of nitrogens with one attached hydrogen (secondary N) is 1.